The molecule has 2 aromatic rings. The minimum absolute atomic E-state index is 0.0447. The van der Waals surface area contributed by atoms with Crippen LogP contribution in [-0.4, -0.2) is 17.0 Å². The number of carboxylic acid groups (broad SMARTS) is 1. The van der Waals surface area contributed by atoms with Gasteiger partial charge in [-0.25, -0.2) is 9.18 Å². The van der Waals surface area contributed by atoms with Crippen molar-refractivity contribution in [2.45, 2.75) is 13.8 Å². The smallest absolute Gasteiger partial charge is 0.335 e. The predicted octanol–water partition coefficient (Wildman–Crippen LogP) is 3.39. The van der Waals surface area contributed by atoms with Gasteiger partial charge >= 0.3 is 5.97 Å². The van der Waals surface area contributed by atoms with E-state index in [1.54, 1.807) is 26.0 Å². The molecule has 0 saturated heterocycles. The van der Waals surface area contributed by atoms with Crippen LogP contribution in [0.5, 0.6) is 0 Å². The third-order valence-electron chi connectivity index (χ3n) is 3.16. The van der Waals surface area contributed by atoms with E-state index in [1.165, 1.54) is 24.3 Å². The van der Waals surface area contributed by atoms with E-state index in [0.29, 0.717) is 16.8 Å². The summed E-state index contributed by atoms with van der Waals surface area (Å²) in [6, 6.07) is 8.91. The van der Waals surface area contributed by atoms with E-state index in [2.05, 4.69) is 5.32 Å². The number of carbonyl (C=O) groups excluding carboxylic acids is 1. The molecule has 0 radical (unpaired) electrons. The lowest BCUT2D eigenvalue weighted by molar-refractivity contribution is 0.0696. The fraction of sp³-hybridized carbons (Fsp3) is 0.125. The number of aromatic carboxylic acids is 1. The standard InChI is InChI=1S/C16H14FNO3/c1-9-4-3-5-12(14(9)17)15(19)18-13-7-6-11(16(20)21)8-10(13)2/h3-8H,1-2H3,(H,18,19)(H,20,21). The molecule has 108 valence electrons. The summed E-state index contributed by atoms with van der Waals surface area (Å²) in [4.78, 5) is 22.9. The fourth-order valence-electron chi connectivity index (χ4n) is 1.95. The van der Waals surface area contributed by atoms with E-state index in [9.17, 15) is 14.0 Å². The molecule has 0 aliphatic heterocycles. The van der Waals surface area contributed by atoms with Crippen LogP contribution < -0.4 is 5.32 Å². The van der Waals surface area contributed by atoms with Crippen molar-refractivity contribution < 1.29 is 19.1 Å². The van der Waals surface area contributed by atoms with Gasteiger partial charge in [0.05, 0.1) is 11.1 Å². The highest BCUT2D eigenvalue weighted by molar-refractivity contribution is 6.05. The molecular formula is C16H14FNO3. The Labute approximate surface area is 121 Å². The first-order chi connectivity index (χ1) is 9.90. The summed E-state index contributed by atoms with van der Waals surface area (Å²) in [7, 11) is 0. The van der Waals surface area contributed by atoms with Gasteiger partial charge in [0.15, 0.2) is 0 Å². The lowest BCUT2D eigenvalue weighted by Gasteiger charge is -2.10. The fourth-order valence-corrected chi connectivity index (χ4v) is 1.95. The average molecular weight is 287 g/mol. The molecule has 4 nitrogen and oxygen atoms in total. The zero-order valence-corrected chi connectivity index (χ0v) is 11.6. The Morgan fingerprint density at radius 3 is 2.43 bits per heavy atom. The van der Waals surface area contributed by atoms with Crippen LogP contribution in [0.1, 0.15) is 31.8 Å². The van der Waals surface area contributed by atoms with Crippen molar-refractivity contribution in [1.29, 1.82) is 0 Å². The van der Waals surface area contributed by atoms with Gasteiger partial charge in [-0.05, 0) is 49.2 Å². The molecule has 5 heteroatoms. The van der Waals surface area contributed by atoms with Crippen LogP contribution in [0.25, 0.3) is 0 Å². The summed E-state index contributed by atoms with van der Waals surface area (Å²) in [5.41, 5.74) is 1.52. The predicted molar refractivity (Wildman–Crippen MR) is 77.2 cm³/mol. The first kappa shape index (κ1) is 14.7. The van der Waals surface area contributed by atoms with Crippen molar-refractivity contribution >= 4 is 17.6 Å². The Morgan fingerprint density at radius 1 is 1.10 bits per heavy atom. The van der Waals surface area contributed by atoms with E-state index >= 15 is 0 Å². The van der Waals surface area contributed by atoms with Crippen LogP contribution in [0.4, 0.5) is 10.1 Å². The number of rotatable bonds is 3. The quantitative estimate of drug-likeness (QED) is 0.909. The summed E-state index contributed by atoms with van der Waals surface area (Å²) in [6.07, 6.45) is 0. The molecule has 0 aliphatic rings. The number of benzene rings is 2. The van der Waals surface area contributed by atoms with Crippen molar-refractivity contribution in [3.8, 4) is 0 Å². The summed E-state index contributed by atoms with van der Waals surface area (Å²) in [5, 5.41) is 11.5. The Morgan fingerprint density at radius 2 is 1.81 bits per heavy atom. The number of nitrogens with one attached hydrogen (secondary N) is 1. The molecule has 2 rings (SSSR count). The third-order valence-corrected chi connectivity index (χ3v) is 3.16. The summed E-state index contributed by atoms with van der Waals surface area (Å²) >= 11 is 0. The molecule has 0 spiro atoms. The topological polar surface area (TPSA) is 66.4 Å². The van der Waals surface area contributed by atoms with Gasteiger partial charge in [0.25, 0.3) is 5.91 Å². The molecule has 0 aliphatic carbocycles. The molecule has 0 bridgehead atoms. The summed E-state index contributed by atoms with van der Waals surface area (Å²) in [6.45, 7) is 3.26. The maximum Gasteiger partial charge on any atom is 0.335 e. The largest absolute Gasteiger partial charge is 0.478 e. The maximum atomic E-state index is 13.9. The Bertz CT molecular complexity index is 725. The van der Waals surface area contributed by atoms with Gasteiger partial charge in [-0.2, -0.15) is 0 Å². The van der Waals surface area contributed by atoms with Crippen LogP contribution in [0.3, 0.4) is 0 Å². The number of halogens is 1. The molecule has 0 saturated carbocycles. The van der Waals surface area contributed by atoms with Crippen molar-refractivity contribution in [2.24, 2.45) is 0 Å². The Hall–Kier alpha value is -2.69. The van der Waals surface area contributed by atoms with Crippen LogP contribution in [0.15, 0.2) is 36.4 Å². The second-order valence-electron chi connectivity index (χ2n) is 4.73. The van der Waals surface area contributed by atoms with Gasteiger partial charge in [0.1, 0.15) is 5.82 Å². The zero-order valence-electron chi connectivity index (χ0n) is 11.6. The number of carboxylic acids is 1. The highest BCUT2D eigenvalue weighted by Crippen LogP contribution is 2.19. The minimum Gasteiger partial charge on any atom is -0.478 e. The Kier molecular flexibility index (Phi) is 4.03. The van der Waals surface area contributed by atoms with E-state index in [0.717, 1.165) is 0 Å². The first-order valence-electron chi connectivity index (χ1n) is 6.30. The van der Waals surface area contributed by atoms with Crippen LogP contribution in [0, 0.1) is 19.7 Å². The normalized spacial score (nSPS) is 10.2. The molecule has 0 fully saturated rings. The van der Waals surface area contributed by atoms with Gasteiger partial charge in [0, 0.05) is 5.69 Å². The second kappa shape index (κ2) is 5.75. The van der Waals surface area contributed by atoms with Crippen LogP contribution in [0.2, 0.25) is 0 Å². The van der Waals surface area contributed by atoms with Crippen molar-refractivity contribution in [2.75, 3.05) is 5.32 Å². The molecule has 0 unspecified atom stereocenters. The van der Waals surface area contributed by atoms with E-state index in [4.69, 9.17) is 5.11 Å². The SMILES string of the molecule is Cc1cc(C(=O)O)ccc1NC(=O)c1cccc(C)c1F. The van der Waals surface area contributed by atoms with E-state index < -0.39 is 17.7 Å². The molecule has 2 N–H and O–H groups in total. The number of aryl methyl sites for hydroxylation is 2. The Balaban J connectivity index is 2.28. The summed E-state index contributed by atoms with van der Waals surface area (Å²) in [5.74, 6) is -2.17. The van der Waals surface area contributed by atoms with Gasteiger partial charge < -0.3 is 10.4 Å². The third kappa shape index (κ3) is 3.08. The molecular weight excluding hydrogens is 273 g/mol. The van der Waals surface area contributed by atoms with E-state index in [1.807, 2.05) is 0 Å². The number of anilines is 1. The van der Waals surface area contributed by atoms with Crippen molar-refractivity contribution in [1.82, 2.24) is 0 Å². The van der Waals surface area contributed by atoms with Gasteiger partial charge in [0.2, 0.25) is 0 Å². The minimum atomic E-state index is -1.04. The van der Waals surface area contributed by atoms with Gasteiger partial charge in [-0.1, -0.05) is 12.1 Å². The van der Waals surface area contributed by atoms with Gasteiger partial charge in [-0.15, -0.1) is 0 Å². The highest BCUT2D eigenvalue weighted by Gasteiger charge is 2.14. The van der Waals surface area contributed by atoms with Crippen LogP contribution in [-0.2, 0) is 0 Å². The van der Waals surface area contributed by atoms with Gasteiger partial charge in [-0.3, -0.25) is 4.79 Å². The number of carbonyl (C=O) groups is 2. The monoisotopic (exact) mass is 287 g/mol. The first-order valence-corrected chi connectivity index (χ1v) is 6.30. The second-order valence-corrected chi connectivity index (χ2v) is 4.73. The zero-order chi connectivity index (χ0) is 15.6. The molecule has 0 heterocycles. The molecule has 21 heavy (non-hydrogen) atoms. The molecule has 1 amide bonds. The number of hydrogen-bond acceptors (Lipinski definition) is 2. The number of hydrogen-bond donors (Lipinski definition) is 2. The summed E-state index contributed by atoms with van der Waals surface area (Å²) < 4.78 is 13.9. The van der Waals surface area contributed by atoms with E-state index in [-0.39, 0.29) is 11.1 Å². The lowest BCUT2D eigenvalue weighted by atomic mass is 10.1. The maximum absolute atomic E-state index is 13.9. The lowest BCUT2D eigenvalue weighted by Crippen LogP contribution is -2.15. The molecule has 0 atom stereocenters. The van der Waals surface area contributed by atoms with Crippen molar-refractivity contribution in [3.63, 3.8) is 0 Å². The highest BCUT2D eigenvalue weighted by atomic mass is 19.1. The average Bonchev–Trinajstić information content (AvgIpc) is 2.43. The van der Waals surface area contributed by atoms with Crippen LogP contribution >= 0.6 is 0 Å². The number of amides is 1. The molecule has 0 aromatic heterocycles. The molecule has 2 aromatic carbocycles. The van der Waals surface area contributed by atoms with Crippen molar-refractivity contribution in [3.05, 3.63) is 64.5 Å².